The summed E-state index contributed by atoms with van der Waals surface area (Å²) in [6.45, 7) is 5.17. The van der Waals surface area contributed by atoms with Crippen LogP contribution in [-0.2, 0) is 9.53 Å². The quantitative estimate of drug-likeness (QED) is 0.785. The highest BCUT2D eigenvalue weighted by molar-refractivity contribution is 5.77. The first-order chi connectivity index (χ1) is 9.15. The van der Waals surface area contributed by atoms with Crippen LogP contribution in [0.1, 0.15) is 25.7 Å². The number of carbonyl (C=O) groups excluding carboxylic acids is 1. The fourth-order valence-electron chi connectivity index (χ4n) is 3.07. The van der Waals surface area contributed by atoms with Gasteiger partial charge in [0.05, 0.1) is 25.4 Å². The summed E-state index contributed by atoms with van der Waals surface area (Å²) in [5.74, 6) is 0.862. The lowest BCUT2D eigenvalue weighted by molar-refractivity contribution is -0.131. The molecule has 1 atom stereocenters. The molecule has 2 saturated heterocycles. The van der Waals surface area contributed by atoms with Crippen LogP contribution in [0, 0.1) is 5.92 Å². The lowest BCUT2D eigenvalue weighted by Gasteiger charge is -2.33. The van der Waals surface area contributed by atoms with Gasteiger partial charge in [-0.2, -0.15) is 0 Å². The Hall–Kier alpha value is -0.650. The van der Waals surface area contributed by atoms with Gasteiger partial charge in [0, 0.05) is 32.6 Å². The minimum Gasteiger partial charge on any atom is -0.387 e. The van der Waals surface area contributed by atoms with Gasteiger partial charge < -0.3 is 14.7 Å². The van der Waals surface area contributed by atoms with Crippen molar-refractivity contribution in [3.63, 3.8) is 0 Å². The third-order valence-corrected chi connectivity index (χ3v) is 4.47. The number of aliphatic hydroxyl groups is 1. The Bertz CT molecular complexity index is 340. The van der Waals surface area contributed by atoms with Crippen LogP contribution < -0.4 is 0 Å². The molecule has 2 aliphatic heterocycles. The van der Waals surface area contributed by atoms with Crippen molar-refractivity contribution >= 4 is 5.91 Å². The molecule has 1 aliphatic carbocycles. The van der Waals surface area contributed by atoms with E-state index >= 15 is 0 Å². The Morgan fingerprint density at radius 3 is 2.68 bits per heavy atom. The number of nitrogens with zero attached hydrogens (tertiary/aromatic N) is 2. The minimum absolute atomic E-state index is 0.236. The molecule has 0 aromatic rings. The predicted octanol–water partition coefficient (Wildman–Crippen LogP) is 0.0821. The third-order valence-electron chi connectivity index (χ3n) is 4.47. The van der Waals surface area contributed by atoms with Crippen molar-refractivity contribution in [2.24, 2.45) is 5.92 Å². The minimum atomic E-state index is -0.712. The molecule has 1 amide bonds. The molecule has 1 saturated carbocycles. The summed E-state index contributed by atoms with van der Waals surface area (Å²) >= 11 is 0. The summed E-state index contributed by atoms with van der Waals surface area (Å²) in [5, 5.41) is 10.6. The van der Waals surface area contributed by atoms with Crippen molar-refractivity contribution in [2.75, 3.05) is 45.9 Å². The maximum absolute atomic E-state index is 12.1. The second-order valence-corrected chi connectivity index (χ2v) is 6.33. The summed E-state index contributed by atoms with van der Waals surface area (Å²) in [6, 6.07) is 0. The smallest absolute Gasteiger partial charge is 0.222 e. The first-order valence-corrected chi connectivity index (χ1v) is 7.45. The zero-order chi connectivity index (χ0) is 13.3. The van der Waals surface area contributed by atoms with Gasteiger partial charge in [-0.25, -0.2) is 0 Å². The van der Waals surface area contributed by atoms with Gasteiger partial charge >= 0.3 is 0 Å². The maximum Gasteiger partial charge on any atom is 0.222 e. The number of hydrogen-bond acceptors (Lipinski definition) is 4. The van der Waals surface area contributed by atoms with Crippen LogP contribution in [0.2, 0.25) is 0 Å². The Labute approximate surface area is 114 Å². The Morgan fingerprint density at radius 2 is 2.00 bits per heavy atom. The van der Waals surface area contributed by atoms with Crippen LogP contribution in [0.4, 0.5) is 0 Å². The van der Waals surface area contributed by atoms with E-state index in [0.29, 0.717) is 38.4 Å². The van der Waals surface area contributed by atoms with Gasteiger partial charge in [0.25, 0.3) is 0 Å². The largest absolute Gasteiger partial charge is 0.387 e. The molecule has 0 spiro atoms. The van der Waals surface area contributed by atoms with E-state index < -0.39 is 5.60 Å². The lowest BCUT2D eigenvalue weighted by Crippen LogP contribution is -2.49. The number of amides is 1. The SMILES string of the molecule is O=C(CC1CC1)N1CCC(O)(CN2CCOCC2)C1. The summed E-state index contributed by atoms with van der Waals surface area (Å²) in [4.78, 5) is 16.2. The average molecular weight is 268 g/mol. The number of carbonyl (C=O) groups is 1. The van der Waals surface area contributed by atoms with Gasteiger partial charge in [-0.3, -0.25) is 9.69 Å². The molecule has 3 rings (SSSR count). The molecular weight excluding hydrogens is 244 g/mol. The van der Waals surface area contributed by atoms with E-state index in [1.165, 1.54) is 12.8 Å². The van der Waals surface area contributed by atoms with E-state index in [4.69, 9.17) is 4.74 Å². The van der Waals surface area contributed by atoms with Crippen molar-refractivity contribution in [1.29, 1.82) is 0 Å². The lowest BCUT2D eigenvalue weighted by atomic mass is 10.0. The van der Waals surface area contributed by atoms with Crippen molar-refractivity contribution in [2.45, 2.75) is 31.3 Å². The van der Waals surface area contributed by atoms with Crippen LogP contribution in [0.3, 0.4) is 0 Å². The maximum atomic E-state index is 12.1. The first kappa shape index (κ1) is 13.3. The monoisotopic (exact) mass is 268 g/mol. The summed E-state index contributed by atoms with van der Waals surface area (Å²) in [6.07, 6.45) is 3.81. The zero-order valence-corrected chi connectivity index (χ0v) is 11.5. The van der Waals surface area contributed by atoms with E-state index in [9.17, 15) is 9.90 Å². The molecule has 0 aromatic carbocycles. The van der Waals surface area contributed by atoms with Gasteiger partial charge in [0.15, 0.2) is 0 Å². The number of β-amino-alcohol motifs (C(OH)–C–C–N with tert-alkyl or cyclic N) is 1. The molecule has 1 N–H and O–H groups in total. The number of hydrogen-bond donors (Lipinski definition) is 1. The fraction of sp³-hybridized carbons (Fsp3) is 0.929. The van der Waals surface area contributed by atoms with Gasteiger partial charge in [-0.1, -0.05) is 0 Å². The molecule has 108 valence electrons. The van der Waals surface area contributed by atoms with Crippen molar-refractivity contribution in [3.05, 3.63) is 0 Å². The van der Waals surface area contributed by atoms with Gasteiger partial charge in [-0.15, -0.1) is 0 Å². The highest BCUT2D eigenvalue weighted by Crippen LogP contribution is 2.34. The molecule has 5 heteroatoms. The highest BCUT2D eigenvalue weighted by atomic mass is 16.5. The molecule has 3 fully saturated rings. The Morgan fingerprint density at radius 1 is 1.26 bits per heavy atom. The Kier molecular flexibility index (Phi) is 3.78. The second kappa shape index (κ2) is 5.38. The van der Waals surface area contributed by atoms with Crippen LogP contribution >= 0.6 is 0 Å². The zero-order valence-electron chi connectivity index (χ0n) is 11.5. The van der Waals surface area contributed by atoms with Crippen LogP contribution in [-0.4, -0.2) is 72.4 Å². The molecule has 3 aliphatic rings. The van der Waals surface area contributed by atoms with E-state index in [0.717, 1.165) is 26.3 Å². The second-order valence-electron chi connectivity index (χ2n) is 6.33. The van der Waals surface area contributed by atoms with E-state index in [-0.39, 0.29) is 5.91 Å². The molecule has 0 bridgehead atoms. The van der Waals surface area contributed by atoms with Crippen molar-refractivity contribution in [3.8, 4) is 0 Å². The van der Waals surface area contributed by atoms with Gasteiger partial charge in [0.1, 0.15) is 0 Å². The summed E-state index contributed by atoms with van der Waals surface area (Å²) < 4.78 is 5.32. The molecular formula is C14H24N2O3. The summed E-state index contributed by atoms with van der Waals surface area (Å²) in [5.41, 5.74) is -0.712. The average Bonchev–Trinajstić information content (AvgIpc) is 3.12. The molecule has 0 aromatic heterocycles. The predicted molar refractivity (Wildman–Crippen MR) is 70.7 cm³/mol. The van der Waals surface area contributed by atoms with Gasteiger partial charge in [0.2, 0.25) is 5.91 Å². The topological polar surface area (TPSA) is 53.0 Å². The normalized spacial score (nSPS) is 32.8. The molecule has 2 heterocycles. The van der Waals surface area contributed by atoms with Crippen LogP contribution in [0.5, 0.6) is 0 Å². The number of likely N-dealkylation sites (tertiary alicyclic amines) is 1. The van der Waals surface area contributed by atoms with E-state index in [1.54, 1.807) is 0 Å². The number of rotatable bonds is 4. The number of ether oxygens (including phenoxy) is 1. The Balaban J connectivity index is 1.49. The molecule has 19 heavy (non-hydrogen) atoms. The van der Waals surface area contributed by atoms with E-state index in [1.807, 2.05) is 4.90 Å². The van der Waals surface area contributed by atoms with E-state index in [2.05, 4.69) is 4.90 Å². The summed E-state index contributed by atoms with van der Waals surface area (Å²) in [7, 11) is 0. The number of morpholine rings is 1. The van der Waals surface area contributed by atoms with Gasteiger partial charge in [-0.05, 0) is 25.2 Å². The highest BCUT2D eigenvalue weighted by Gasteiger charge is 2.40. The first-order valence-electron chi connectivity index (χ1n) is 7.45. The van der Waals surface area contributed by atoms with Crippen LogP contribution in [0.25, 0.3) is 0 Å². The third kappa shape index (κ3) is 3.46. The molecule has 1 unspecified atom stereocenters. The molecule has 5 nitrogen and oxygen atoms in total. The standard InChI is InChI=1S/C14H24N2O3/c17-13(9-12-1-2-12)16-4-3-14(18,11-16)10-15-5-7-19-8-6-15/h12,18H,1-11H2. The fourth-order valence-corrected chi connectivity index (χ4v) is 3.07. The van der Waals surface area contributed by atoms with Crippen LogP contribution in [0.15, 0.2) is 0 Å². The van der Waals surface area contributed by atoms with Crippen molar-refractivity contribution < 1.29 is 14.6 Å². The molecule has 0 radical (unpaired) electrons. The van der Waals surface area contributed by atoms with Crippen molar-refractivity contribution in [1.82, 2.24) is 9.80 Å².